The van der Waals surface area contributed by atoms with Crippen molar-refractivity contribution in [1.82, 2.24) is 10.2 Å². The molecule has 0 unspecified atom stereocenters. The predicted molar refractivity (Wildman–Crippen MR) is 137 cm³/mol. The minimum absolute atomic E-state index is 0.339. The van der Waals surface area contributed by atoms with Gasteiger partial charge in [-0.05, 0) is 46.4 Å². The summed E-state index contributed by atoms with van der Waals surface area (Å²) in [6.07, 6.45) is 0.558. The molecule has 1 fully saturated rings. The molecule has 2 amide bonds. The molecule has 0 saturated carbocycles. The molecule has 3 aromatic rings. The van der Waals surface area contributed by atoms with Crippen LogP contribution in [0.5, 0.6) is 5.75 Å². The first kappa shape index (κ1) is 24.2. The first-order valence-electron chi connectivity index (χ1n) is 11.8. The van der Waals surface area contributed by atoms with E-state index < -0.39 is 11.8 Å². The number of nitrogens with zero attached hydrogens (tertiary/aromatic N) is 1. The molecule has 0 spiro atoms. The van der Waals surface area contributed by atoms with Gasteiger partial charge < -0.3 is 19.7 Å². The summed E-state index contributed by atoms with van der Waals surface area (Å²) < 4.78 is 10.6. The molecule has 1 aliphatic rings. The maximum Gasteiger partial charge on any atom is 0.312 e. The summed E-state index contributed by atoms with van der Waals surface area (Å²) in [6.45, 7) is 2.14. The van der Waals surface area contributed by atoms with E-state index >= 15 is 0 Å². The van der Waals surface area contributed by atoms with Gasteiger partial charge in [0.2, 0.25) is 0 Å². The van der Waals surface area contributed by atoms with Crippen LogP contribution in [0, 0.1) is 0 Å². The Morgan fingerprint density at radius 2 is 1.40 bits per heavy atom. The van der Waals surface area contributed by atoms with Crippen molar-refractivity contribution in [2.45, 2.75) is 6.42 Å². The number of carbonyl (C=O) groups is 2. The van der Waals surface area contributed by atoms with E-state index in [0.29, 0.717) is 39.3 Å². The number of hydrogen-bond donors (Lipinski definition) is 1. The number of carbonyl (C=O) groups excluding carboxylic acids is 2. The van der Waals surface area contributed by atoms with Crippen LogP contribution in [0.25, 0.3) is 11.1 Å². The fourth-order valence-corrected chi connectivity index (χ4v) is 4.22. The van der Waals surface area contributed by atoms with Gasteiger partial charge in [0.1, 0.15) is 5.75 Å². The van der Waals surface area contributed by atoms with Crippen molar-refractivity contribution in [3.63, 3.8) is 0 Å². The Kier molecular flexibility index (Phi) is 8.30. The molecule has 1 heterocycles. The minimum Gasteiger partial charge on any atom is -0.497 e. The topological polar surface area (TPSA) is 67.9 Å². The van der Waals surface area contributed by atoms with Gasteiger partial charge in [0.15, 0.2) is 0 Å². The van der Waals surface area contributed by atoms with Gasteiger partial charge in [0, 0.05) is 19.6 Å². The van der Waals surface area contributed by atoms with Crippen LogP contribution in [0.15, 0.2) is 84.9 Å². The number of ether oxygens (including phenoxy) is 2. The summed E-state index contributed by atoms with van der Waals surface area (Å²) in [6, 6.07) is 28.3. The molecule has 0 aliphatic carbocycles. The minimum atomic E-state index is -0.579. The lowest BCUT2D eigenvalue weighted by molar-refractivity contribution is -0.148. The largest absolute Gasteiger partial charge is 0.497 e. The lowest BCUT2D eigenvalue weighted by atomic mass is 9.88. The molecular weight excluding hydrogens is 440 g/mol. The summed E-state index contributed by atoms with van der Waals surface area (Å²) in [5, 5.41) is 2.83. The molecule has 6 heteroatoms. The highest BCUT2D eigenvalue weighted by Crippen LogP contribution is 2.34. The second kappa shape index (κ2) is 12.0. The van der Waals surface area contributed by atoms with Gasteiger partial charge in [-0.25, -0.2) is 0 Å². The van der Waals surface area contributed by atoms with Gasteiger partial charge in [0.05, 0.1) is 20.3 Å². The molecule has 0 atom stereocenters. The third-order valence-electron chi connectivity index (χ3n) is 6.02. The maximum atomic E-state index is 12.6. The zero-order chi connectivity index (χ0) is 24.5. The molecule has 0 radical (unpaired) electrons. The fourth-order valence-electron chi connectivity index (χ4n) is 4.22. The highest BCUT2D eigenvalue weighted by atomic mass is 16.5. The van der Waals surface area contributed by atoms with Gasteiger partial charge in [-0.1, -0.05) is 72.8 Å². The summed E-state index contributed by atoms with van der Waals surface area (Å²) >= 11 is 0. The molecule has 0 bridgehead atoms. The highest BCUT2D eigenvalue weighted by Gasteiger charge is 2.23. The van der Waals surface area contributed by atoms with E-state index in [9.17, 15) is 9.59 Å². The van der Waals surface area contributed by atoms with Gasteiger partial charge in [-0.15, -0.1) is 0 Å². The molecule has 0 aromatic heterocycles. The van der Waals surface area contributed by atoms with Crippen LogP contribution in [-0.4, -0.2) is 56.7 Å². The van der Waals surface area contributed by atoms with Gasteiger partial charge >= 0.3 is 11.8 Å². The van der Waals surface area contributed by atoms with Crippen LogP contribution in [0.2, 0.25) is 0 Å². The Hall–Kier alpha value is -3.90. The van der Waals surface area contributed by atoms with E-state index in [0.717, 1.165) is 33.6 Å². The molecule has 35 heavy (non-hydrogen) atoms. The Morgan fingerprint density at radius 3 is 2.00 bits per heavy atom. The molecular formula is C29H30N2O4. The number of morpholine rings is 1. The second-order valence-corrected chi connectivity index (χ2v) is 8.22. The molecule has 1 N–H and O–H groups in total. The van der Waals surface area contributed by atoms with E-state index in [4.69, 9.17) is 9.47 Å². The average molecular weight is 471 g/mol. The predicted octanol–water partition coefficient (Wildman–Crippen LogP) is 4.02. The fraction of sp³-hybridized carbons (Fsp3) is 0.241. The zero-order valence-electron chi connectivity index (χ0n) is 19.9. The smallest absolute Gasteiger partial charge is 0.312 e. The van der Waals surface area contributed by atoms with Crippen LogP contribution in [0.4, 0.5) is 0 Å². The van der Waals surface area contributed by atoms with Crippen molar-refractivity contribution >= 4 is 23.0 Å². The SMILES string of the molecule is COc1ccc(/C(=C(/CCNC(=O)C(=O)N2CCOCC2)c2ccccc2)c2ccccc2)cc1. The van der Waals surface area contributed by atoms with Crippen molar-refractivity contribution in [3.05, 3.63) is 102 Å². The van der Waals surface area contributed by atoms with Gasteiger partial charge in [0.25, 0.3) is 0 Å². The van der Waals surface area contributed by atoms with E-state index in [2.05, 4.69) is 29.6 Å². The molecule has 1 aliphatic heterocycles. The monoisotopic (exact) mass is 470 g/mol. The highest BCUT2D eigenvalue weighted by molar-refractivity contribution is 6.35. The maximum absolute atomic E-state index is 12.6. The number of hydrogen-bond acceptors (Lipinski definition) is 4. The molecule has 6 nitrogen and oxygen atoms in total. The number of methoxy groups -OCH3 is 1. The zero-order valence-corrected chi connectivity index (χ0v) is 19.9. The van der Waals surface area contributed by atoms with Crippen LogP contribution in [-0.2, 0) is 14.3 Å². The lowest BCUT2D eigenvalue weighted by Gasteiger charge is -2.26. The summed E-state index contributed by atoms with van der Waals surface area (Å²) in [7, 11) is 1.65. The van der Waals surface area contributed by atoms with E-state index in [1.165, 1.54) is 0 Å². The number of rotatable bonds is 7. The Morgan fingerprint density at radius 1 is 0.829 bits per heavy atom. The molecule has 4 rings (SSSR count). The van der Waals surface area contributed by atoms with Crippen molar-refractivity contribution in [3.8, 4) is 5.75 Å². The van der Waals surface area contributed by atoms with E-state index in [-0.39, 0.29) is 0 Å². The summed E-state index contributed by atoms with van der Waals surface area (Å²) in [4.78, 5) is 26.6. The summed E-state index contributed by atoms with van der Waals surface area (Å²) in [5.74, 6) is -0.293. The number of amides is 2. The van der Waals surface area contributed by atoms with Crippen molar-refractivity contribution < 1.29 is 19.1 Å². The first-order valence-corrected chi connectivity index (χ1v) is 11.8. The van der Waals surface area contributed by atoms with E-state index in [1.54, 1.807) is 12.0 Å². The third-order valence-corrected chi connectivity index (χ3v) is 6.02. The Labute approximate surface area is 206 Å². The first-order chi connectivity index (χ1) is 17.2. The van der Waals surface area contributed by atoms with Crippen LogP contribution < -0.4 is 10.1 Å². The standard InChI is InChI=1S/C29H30N2O4/c1-34-25-14-12-24(13-15-25)27(23-10-6-3-7-11-23)26(22-8-4-2-5-9-22)16-17-30-28(32)29(33)31-18-20-35-21-19-31/h2-15H,16-21H2,1H3,(H,30,32)/b27-26-. The average Bonchev–Trinajstić information content (AvgIpc) is 2.93. The second-order valence-electron chi connectivity index (χ2n) is 8.22. The van der Waals surface area contributed by atoms with Crippen molar-refractivity contribution in [2.75, 3.05) is 40.0 Å². The van der Waals surface area contributed by atoms with E-state index in [1.807, 2.05) is 60.7 Å². The van der Waals surface area contributed by atoms with Gasteiger partial charge in [-0.3, -0.25) is 9.59 Å². The quantitative estimate of drug-likeness (QED) is 0.418. The molecule has 1 saturated heterocycles. The van der Waals surface area contributed by atoms with Crippen LogP contribution in [0.1, 0.15) is 23.1 Å². The molecule has 3 aromatic carbocycles. The van der Waals surface area contributed by atoms with Crippen molar-refractivity contribution in [1.29, 1.82) is 0 Å². The third kappa shape index (κ3) is 6.16. The summed E-state index contributed by atoms with van der Waals surface area (Å²) in [5.41, 5.74) is 5.35. The number of benzene rings is 3. The van der Waals surface area contributed by atoms with Crippen LogP contribution >= 0.6 is 0 Å². The van der Waals surface area contributed by atoms with Crippen LogP contribution in [0.3, 0.4) is 0 Å². The molecule has 180 valence electrons. The lowest BCUT2D eigenvalue weighted by Crippen LogP contribution is -2.48. The normalized spacial score (nSPS) is 14.1. The number of nitrogens with one attached hydrogen (secondary N) is 1. The Bertz CT molecular complexity index is 1150. The Balaban J connectivity index is 1.65. The van der Waals surface area contributed by atoms with Crippen molar-refractivity contribution in [2.24, 2.45) is 0 Å². The van der Waals surface area contributed by atoms with Gasteiger partial charge in [-0.2, -0.15) is 0 Å².